The van der Waals surface area contributed by atoms with Crippen LogP contribution in [0.3, 0.4) is 0 Å². The number of hydrogen-bond donors (Lipinski definition) is 2. The summed E-state index contributed by atoms with van der Waals surface area (Å²) in [5.41, 5.74) is -0.419. The van der Waals surface area contributed by atoms with Crippen LogP contribution < -0.4 is 5.32 Å². The highest BCUT2D eigenvalue weighted by molar-refractivity contribution is 5.86. The quantitative estimate of drug-likeness (QED) is 0.751. The molecule has 1 amide bonds. The van der Waals surface area contributed by atoms with Crippen LogP contribution in [0.1, 0.15) is 32.6 Å². The van der Waals surface area contributed by atoms with E-state index in [1.165, 1.54) is 0 Å². The van der Waals surface area contributed by atoms with E-state index in [-0.39, 0.29) is 18.2 Å². The van der Waals surface area contributed by atoms with E-state index in [0.29, 0.717) is 13.1 Å². The molecule has 2 aliphatic rings. The van der Waals surface area contributed by atoms with E-state index in [9.17, 15) is 9.59 Å². The van der Waals surface area contributed by atoms with E-state index in [1.807, 2.05) is 11.8 Å². The molecule has 2 saturated heterocycles. The largest absolute Gasteiger partial charge is 0.481 e. The van der Waals surface area contributed by atoms with Crippen LogP contribution in [0.5, 0.6) is 0 Å². The number of hydrogen-bond acceptors (Lipinski definition) is 3. The third-order valence-electron chi connectivity index (χ3n) is 3.88. The monoisotopic (exact) mass is 240 g/mol. The minimum atomic E-state index is -0.769. The second-order valence-corrected chi connectivity index (χ2v) is 5.37. The minimum Gasteiger partial charge on any atom is -0.481 e. The Morgan fingerprint density at radius 1 is 1.53 bits per heavy atom. The van der Waals surface area contributed by atoms with E-state index in [4.69, 9.17) is 5.11 Å². The molecule has 0 saturated carbocycles. The van der Waals surface area contributed by atoms with Gasteiger partial charge in [-0.1, -0.05) is 0 Å². The topological polar surface area (TPSA) is 69.6 Å². The lowest BCUT2D eigenvalue weighted by atomic mass is 9.98. The number of aliphatic carboxylic acids is 1. The van der Waals surface area contributed by atoms with Crippen molar-refractivity contribution in [2.45, 2.75) is 38.1 Å². The van der Waals surface area contributed by atoms with Crippen LogP contribution in [-0.2, 0) is 9.59 Å². The molecule has 0 aromatic rings. The van der Waals surface area contributed by atoms with Crippen LogP contribution in [0.25, 0.3) is 0 Å². The van der Waals surface area contributed by atoms with Crippen molar-refractivity contribution in [3.8, 4) is 0 Å². The summed E-state index contributed by atoms with van der Waals surface area (Å²) in [6.07, 6.45) is 2.91. The van der Waals surface area contributed by atoms with Gasteiger partial charge in [0.25, 0.3) is 0 Å². The zero-order valence-corrected chi connectivity index (χ0v) is 10.2. The second-order valence-electron chi connectivity index (χ2n) is 5.37. The van der Waals surface area contributed by atoms with Gasteiger partial charge in [0.1, 0.15) is 0 Å². The molecule has 0 aromatic heterocycles. The van der Waals surface area contributed by atoms with Gasteiger partial charge in [-0.05, 0) is 38.6 Å². The zero-order chi connectivity index (χ0) is 12.5. The molecule has 2 heterocycles. The molecule has 2 atom stereocenters. The Hall–Kier alpha value is -1.10. The summed E-state index contributed by atoms with van der Waals surface area (Å²) in [6.45, 7) is 4.15. The zero-order valence-electron chi connectivity index (χ0n) is 10.2. The van der Waals surface area contributed by atoms with E-state index < -0.39 is 11.5 Å². The molecular formula is C12H20N2O3. The van der Waals surface area contributed by atoms with Crippen molar-refractivity contribution < 1.29 is 14.7 Å². The Bertz CT molecular complexity index is 324. The highest BCUT2D eigenvalue weighted by atomic mass is 16.4. The van der Waals surface area contributed by atoms with Crippen molar-refractivity contribution in [1.82, 2.24) is 10.2 Å². The second kappa shape index (κ2) is 4.64. The summed E-state index contributed by atoms with van der Waals surface area (Å²) in [5.74, 6) is -0.501. The van der Waals surface area contributed by atoms with Crippen molar-refractivity contribution in [3.63, 3.8) is 0 Å². The van der Waals surface area contributed by atoms with Gasteiger partial charge in [-0.25, -0.2) is 0 Å². The van der Waals surface area contributed by atoms with Gasteiger partial charge < -0.3 is 15.3 Å². The number of likely N-dealkylation sites (tertiary alicyclic amines) is 1. The van der Waals surface area contributed by atoms with Gasteiger partial charge in [0.2, 0.25) is 5.91 Å². The molecule has 0 radical (unpaired) electrons. The van der Waals surface area contributed by atoms with Gasteiger partial charge in [-0.3, -0.25) is 9.59 Å². The van der Waals surface area contributed by atoms with Gasteiger partial charge in [0.05, 0.1) is 5.54 Å². The van der Waals surface area contributed by atoms with Crippen LogP contribution in [0, 0.1) is 5.92 Å². The predicted octanol–water partition coefficient (Wildman–Crippen LogP) is 0.452. The number of rotatable bonds is 3. The molecule has 2 N–H and O–H groups in total. The molecule has 2 unspecified atom stereocenters. The van der Waals surface area contributed by atoms with Crippen LogP contribution in [0.4, 0.5) is 0 Å². The van der Waals surface area contributed by atoms with Crippen molar-refractivity contribution in [2.24, 2.45) is 5.92 Å². The molecule has 0 aromatic carbocycles. The predicted molar refractivity (Wildman–Crippen MR) is 62.6 cm³/mol. The Kier molecular flexibility index (Phi) is 3.38. The maximum Gasteiger partial charge on any atom is 0.303 e. The summed E-state index contributed by atoms with van der Waals surface area (Å²) in [4.78, 5) is 24.8. The summed E-state index contributed by atoms with van der Waals surface area (Å²) in [5, 5.41) is 12.0. The van der Waals surface area contributed by atoms with Gasteiger partial charge >= 0.3 is 5.97 Å². The Morgan fingerprint density at radius 3 is 2.88 bits per heavy atom. The van der Waals surface area contributed by atoms with Gasteiger partial charge in [-0.2, -0.15) is 0 Å². The lowest BCUT2D eigenvalue weighted by molar-refractivity contribution is -0.139. The number of nitrogens with one attached hydrogen (secondary N) is 1. The normalized spacial score (nSPS) is 33.0. The number of carboxylic acids is 1. The van der Waals surface area contributed by atoms with Crippen molar-refractivity contribution in [2.75, 3.05) is 19.6 Å². The van der Waals surface area contributed by atoms with Crippen LogP contribution >= 0.6 is 0 Å². The SMILES string of the molecule is CC1(C(=O)N2CCC(CC(=O)O)C2)CCCN1. The first-order valence-electron chi connectivity index (χ1n) is 6.27. The average molecular weight is 240 g/mol. The van der Waals surface area contributed by atoms with Gasteiger partial charge in [-0.15, -0.1) is 0 Å². The van der Waals surface area contributed by atoms with Crippen molar-refractivity contribution in [1.29, 1.82) is 0 Å². The molecule has 0 spiro atoms. The third kappa shape index (κ3) is 2.60. The molecule has 2 fully saturated rings. The first-order valence-corrected chi connectivity index (χ1v) is 6.27. The number of carbonyl (C=O) groups is 2. The molecule has 96 valence electrons. The van der Waals surface area contributed by atoms with Crippen molar-refractivity contribution >= 4 is 11.9 Å². The highest BCUT2D eigenvalue weighted by Gasteiger charge is 2.41. The molecule has 5 nitrogen and oxygen atoms in total. The van der Waals surface area contributed by atoms with E-state index >= 15 is 0 Å². The number of carboxylic acid groups (broad SMARTS) is 1. The van der Waals surface area contributed by atoms with E-state index in [0.717, 1.165) is 25.8 Å². The molecule has 0 bridgehead atoms. The Labute approximate surface area is 101 Å². The standard InChI is InChI=1S/C12H20N2O3/c1-12(4-2-5-13-12)11(17)14-6-3-9(8-14)7-10(15)16/h9,13H,2-8H2,1H3,(H,15,16). The first-order chi connectivity index (χ1) is 8.01. The molecule has 5 heteroatoms. The lowest BCUT2D eigenvalue weighted by Crippen LogP contribution is -2.52. The summed E-state index contributed by atoms with van der Waals surface area (Å²) >= 11 is 0. The van der Waals surface area contributed by atoms with Crippen LogP contribution in [0.2, 0.25) is 0 Å². The molecule has 2 rings (SSSR count). The fraction of sp³-hybridized carbons (Fsp3) is 0.833. The molecule has 2 aliphatic heterocycles. The minimum absolute atomic E-state index is 0.126. The van der Waals surface area contributed by atoms with Crippen LogP contribution in [0.15, 0.2) is 0 Å². The maximum absolute atomic E-state index is 12.3. The summed E-state index contributed by atoms with van der Waals surface area (Å²) < 4.78 is 0. The average Bonchev–Trinajstić information content (AvgIpc) is 2.86. The Balaban J connectivity index is 1.91. The third-order valence-corrected chi connectivity index (χ3v) is 3.88. The first kappa shape index (κ1) is 12.4. The molecule has 0 aliphatic carbocycles. The number of carbonyl (C=O) groups excluding carboxylic acids is 1. The van der Waals surface area contributed by atoms with E-state index in [1.54, 1.807) is 0 Å². The summed E-state index contributed by atoms with van der Waals surface area (Å²) in [7, 11) is 0. The number of amides is 1. The van der Waals surface area contributed by atoms with Gasteiger partial charge in [0.15, 0.2) is 0 Å². The highest BCUT2D eigenvalue weighted by Crippen LogP contribution is 2.26. The van der Waals surface area contributed by atoms with E-state index in [2.05, 4.69) is 5.32 Å². The molecular weight excluding hydrogens is 220 g/mol. The maximum atomic E-state index is 12.3. The fourth-order valence-corrected chi connectivity index (χ4v) is 2.86. The van der Waals surface area contributed by atoms with Gasteiger partial charge in [0, 0.05) is 19.5 Å². The fourth-order valence-electron chi connectivity index (χ4n) is 2.86. The summed E-state index contributed by atoms with van der Waals surface area (Å²) in [6, 6.07) is 0. The lowest BCUT2D eigenvalue weighted by Gasteiger charge is -2.29. The number of nitrogens with zero attached hydrogens (tertiary/aromatic N) is 1. The smallest absolute Gasteiger partial charge is 0.303 e. The van der Waals surface area contributed by atoms with Crippen molar-refractivity contribution in [3.05, 3.63) is 0 Å². The van der Waals surface area contributed by atoms with Crippen LogP contribution in [-0.4, -0.2) is 47.1 Å². The Morgan fingerprint density at radius 2 is 2.29 bits per heavy atom. The molecule has 17 heavy (non-hydrogen) atoms.